The van der Waals surface area contributed by atoms with Crippen LogP contribution in [0.5, 0.6) is 0 Å². The van der Waals surface area contributed by atoms with Crippen LogP contribution in [0.15, 0.2) is 12.4 Å². The number of piperidine rings is 1. The molecule has 0 spiro atoms. The van der Waals surface area contributed by atoms with Crippen molar-refractivity contribution in [3.05, 3.63) is 12.4 Å². The summed E-state index contributed by atoms with van der Waals surface area (Å²) in [5, 5.41) is 19.3. The van der Waals surface area contributed by atoms with E-state index in [-0.39, 0.29) is 18.1 Å². The molecule has 2 atom stereocenters. The molecule has 7 heteroatoms. The molecule has 1 aliphatic rings. The van der Waals surface area contributed by atoms with Crippen molar-refractivity contribution in [1.29, 1.82) is 0 Å². The average Bonchev–Trinajstić information content (AvgIpc) is 2.99. The summed E-state index contributed by atoms with van der Waals surface area (Å²) >= 11 is 0. The normalized spacial score (nSPS) is 18.1. The summed E-state index contributed by atoms with van der Waals surface area (Å²) < 4.78 is 1.88. The van der Waals surface area contributed by atoms with E-state index in [0.717, 1.165) is 13.1 Å². The predicted octanol–water partition coefficient (Wildman–Crippen LogP) is 1.90. The smallest absolute Gasteiger partial charge is 0.319 e. The second-order valence-corrected chi connectivity index (χ2v) is 6.92. The molecule has 2 heterocycles. The molecular weight excluding hydrogens is 306 g/mol. The minimum atomic E-state index is -0.344. The minimum Gasteiger partial charge on any atom is -0.393 e. The number of anilines is 1. The van der Waals surface area contributed by atoms with Crippen LogP contribution in [0.25, 0.3) is 0 Å². The van der Waals surface area contributed by atoms with E-state index in [1.165, 1.54) is 32.4 Å². The molecule has 136 valence electrons. The maximum Gasteiger partial charge on any atom is 0.319 e. The fourth-order valence-electron chi connectivity index (χ4n) is 3.09. The molecule has 2 rings (SSSR count). The molecule has 0 bridgehead atoms. The monoisotopic (exact) mass is 337 g/mol. The first-order valence-corrected chi connectivity index (χ1v) is 9.00. The van der Waals surface area contributed by atoms with Crippen LogP contribution in [-0.2, 0) is 6.54 Å². The van der Waals surface area contributed by atoms with Crippen LogP contribution in [0, 0.1) is 5.92 Å². The Labute approximate surface area is 144 Å². The Kier molecular flexibility index (Phi) is 7.52. The van der Waals surface area contributed by atoms with E-state index >= 15 is 0 Å². The fraction of sp³-hybridized carbons (Fsp3) is 0.765. The van der Waals surface area contributed by atoms with Gasteiger partial charge < -0.3 is 20.6 Å². The Morgan fingerprint density at radius 1 is 1.29 bits per heavy atom. The zero-order valence-corrected chi connectivity index (χ0v) is 14.9. The zero-order chi connectivity index (χ0) is 17.4. The Hall–Kier alpha value is -1.60. The largest absolute Gasteiger partial charge is 0.393 e. The molecule has 1 aliphatic heterocycles. The second kappa shape index (κ2) is 9.64. The maximum absolute atomic E-state index is 11.9. The Balaban J connectivity index is 1.67. The van der Waals surface area contributed by atoms with Crippen molar-refractivity contribution in [2.75, 3.05) is 31.5 Å². The Morgan fingerprint density at radius 2 is 2.04 bits per heavy atom. The third-order valence-corrected chi connectivity index (χ3v) is 4.34. The predicted molar refractivity (Wildman–Crippen MR) is 95.0 cm³/mol. The summed E-state index contributed by atoms with van der Waals surface area (Å²) in [7, 11) is 0. The second-order valence-electron chi connectivity index (χ2n) is 6.92. The minimum absolute atomic E-state index is 0.233. The quantitative estimate of drug-likeness (QED) is 0.677. The number of nitrogens with one attached hydrogen (secondary N) is 2. The number of amides is 2. The van der Waals surface area contributed by atoms with Crippen molar-refractivity contribution in [3.8, 4) is 0 Å². The molecule has 0 aromatic carbocycles. The molecule has 1 aromatic heterocycles. The molecular formula is C17H31N5O2. The van der Waals surface area contributed by atoms with Gasteiger partial charge in [0.25, 0.3) is 0 Å². The molecule has 1 saturated heterocycles. The number of aliphatic hydroxyl groups excluding tert-OH is 1. The summed E-state index contributed by atoms with van der Waals surface area (Å²) in [6.45, 7) is 8.51. The lowest BCUT2D eigenvalue weighted by molar-refractivity contribution is 0.163. The highest BCUT2D eigenvalue weighted by Gasteiger charge is 2.11. The number of likely N-dealkylation sites (tertiary alicyclic amines) is 1. The van der Waals surface area contributed by atoms with Crippen LogP contribution >= 0.6 is 0 Å². The van der Waals surface area contributed by atoms with Gasteiger partial charge in [-0.2, -0.15) is 5.10 Å². The first kappa shape index (κ1) is 18.7. The van der Waals surface area contributed by atoms with E-state index in [1.54, 1.807) is 13.1 Å². The molecule has 1 aromatic rings. The molecule has 2 amide bonds. The van der Waals surface area contributed by atoms with Gasteiger partial charge in [0.05, 0.1) is 24.5 Å². The number of aliphatic hydroxyl groups is 1. The lowest BCUT2D eigenvalue weighted by Gasteiger charge is -2.26. The van der Waals surface area contributed by atoms with Crippen molar-refractivity contribution in [2.24, 2.45) is 5.92 Å². The van der Waals surface area contributed by atoms with Gasteiger partial charge in [-0.3, -0.25) is 4.68 Å². The highest BCUT2D eigenvalue weighted by atomic mass is 16.3. The topological polar surface area (TPSA) is 82.4 Å². The average molecular weight is 337 g/mol. The zero-order valence-electron chi connectivity index (χ0n) is 14.9. The van der Waals surface area contributed by atoms with Gasteiger partial charge in [-0.25, -0.2) is 4.79 Å². The number of hydrogen-bond acceptors (Lipinski definition) is 4. The summed E-state index contributed by atoms with van der Waals surface area (Å²) in [5.74, 6) is 0.239. The van der Waals surface area contributed by atoms with E-state index in [2.05, 4.69) is 20.6 Å². The Bertz CT molecular complexity index is 497. The molecule has 0 aliphatic carbocycles. The number of hydrogen-bond donors (Lipinski definition) is 3. The number of carbonyl (C=O) groups is 1. The molecule has 1 fully saturated rings. The van der Waals surface area contributed by atoms with Crippen molar-refractivity contribution < 1.29 is 9.90 Å². The first-order chi connectivity index (χ1) is 11.5. The van der Waals surface area contributed by atoms with Crippen LogP contribution in [0.4, 0.5) is 10.5 Å². The van der Waals surface area contributed by atoms with Crippen LogP contribution in [0.3, 0.4) is 0 Å². The van der Waals surface area contributed by atoms with Crippen molar-refractivity contribution in [2.45, 2.75) is 52.2 Å². The summed E-state index contributed by atoms with van der Waals surface area (Å²) in [5.41, 5.74) is 0.703. The van der Waals surface area contributed by atoms with Crippen LogP contribution < -0.4 is 10.6 Å². The number of rotatable bonds is 8. The van der Waals surface area contributed by atoms with Crippen LogP contribution in [-0.4, -0.2) is 58.1 Å². The van der Waals surface area contributed by atoms with E-state index in [4.69, 9.17) is 0 Å². The molecule has 0 saturated carbocycles. The fourth-order valence-corrected chi connectivity index (χ4v) is 3.09. The van der Waals surface area contributed by atoms with Gasteiger partial charge >= 0.3 is 6.03 Å². The van der Waals surface area contributed by atoms with Gasteiger partial charge in [0, 0.05) is 19.3 Å². The lowest BCUT2D eigenvalue weighted by atomic mass is 10.1. The van der Waals surface area contributed by atoms with Gasteiger partial charge in [0.2, 0.25) is 0 Å². The SMILES string of the molecule is CC(O)CC(C)CNC(=O)Nc1cnn(CCN2CCCCC2)c1. The molecule has 2 unspecified atom stereocenters. The first-order valence-electron chi connectivity index (χ1n) is 9.00. The molecule has 7 nitrogen and oxygen atoms in total. The highest BCUT2D eigenvalue weighted by Crippen LogP contribution is 2.10. The molecule has 24 heavy (non-hydrogen) atoms. The van der Waals surface area contributed by atoms with Crippen LogP contribution in [0.2, 0.25) is 0 Å². The number of urea groups is 1. The highest BCUT2D eigenvalue weighted by molar-refractivity contribution is 5.88. The van der Waals surface area contributed by atoms with E-state index in [0.29, 0.717) is 18.7 Å². The molecule has 0 radical (unpaired) electrons. The third-order valence-electron chi connectivity index (χ3n) is 4.34. The Morgan fingerprint density at radius 3 is 2.75 bits per heavy atom. The van der Waals surface area contributed by atoms with Gasteiger partial charge in [0.15, 0.2) is 0 Å². The number of nitrogens with zero attached hydrogens (tertiary/aromatic N) is 3. The van der Waals surface area contributed by atoms with Crippen molar-refractivity contribution in [1.82, 2.24) is 20.0 Å². The standard InChI is InChI=1S/C17H31N5O2/c1-14(10-15(2)23)11-18-17(24)20-16-12-19-22(13-16)9-8-21-6-4-3-5-7-21/h12-15,23H,3-11H2,1-2H3,(H2,18,20,24). The van der Waals surface area contributed by atoms with E-state index in [9.17, 15) is 9.90 Å². The summed E-state index contributed by atoms with van der Waals surface area (Å²) in [6, 6.07) is -0.233. The third kappa shape index (κ3) is 6.88. The van der Waals surface area contributed by atoms with Gasteiger partial charge in [-0.05, 0) is 45.2 Å². The van der Waals surface area contributed by atoms with Crippen LogP contribution in [0.1, 0.15) is 39.5 Å². The van der Waals surface area contributed by atoms with Crippen molar-refractivity contribution >= 4 is 11.7 Å². The van der Waals surface area contributed by atoms with E-state index in [1.807, 2.05) is 17.8 Å². The summed E-state index contributed by atoms with van der Waals surface area (Å²) in [4.78, 5) is 14.4. The van der Waals surface area contributed by atoms with Crippen molar-refractivity contribution in [3.63, 3.8) is 0 Å². The van der Waals surface area contributed by atoms with E-state index < -0.39 is 0 Å². The van der Waals surface area contributed by atoms with Gasteiger partial charge in [-0.15, -0.1) is 0 Å². The summed E-state index contributed by atoms with van der Waals surface area (Å²) in [6.07, 6.45) is 7.80. The van der Waals surface area contributed by atoms with Gasteiger partial charge in [-0.1, -0.05) is 13.3 Å². The number of aromatic nitrogens is 2. The lowest BCUT2D eigenvalue weighted by Crippen LogP contribution is -2.33. The van der Waals surface area contributed by atoms with Gasteiger partial charge in [0.1, 0.15) is 0 Å². The maximum atomic E-state index is 11.9. The molecule has 3 N–H and O–H groups in total. The number of carbonyl (C=O) groups excluding carboxylic acids is 1.